The van der Waals surface area contributed by atoms with Crippen molar-refractivity contribution >= 4 is 29.1 Å². The van der Waals surface area contributed by atoms with Gasteiger partial charge in [0.25, 0.3) is 5.91 Å². The van der Waals surface area contributed by atoms with Crippen molar-refractivity contribution < 1.29 is 4.79 Å². The summed E-state index contributed by atoms with van der Waals surface area (Å²) in [5, 5.41) is 0.642. The molecule has 0 bridgehead atoms. The van der Waals surface area contributed by atoms with Gasteiger partial charge in [0.15, 0.2) is 0 Å². The molecule has 4 heteroatoms. The quantitative estimate of drug-likeness (QED) is 0.747. The molecular weight excluding hydrogens is 281 g/mol. The van der Waals surface area contributed by atoms with E-state index in [1.54, 1.807) is 6.07 Å². The molecule has 2 rings (SSSR count). The second-order valence-corrected chi connectivity index (χ2v) is 5.84. The molecule has 0 radical (unpaired) electrons. The zero-order valence-corrected chi connectivity index (χ0v) is 12.7. The van der Waals surface area contributed by atoms with Gasteiger partial charge in [0.05, 0.1) is 0 Å². The van der Waals surface area contributed by atoms with E-state index in [9.17, 15) is 4.79 Å². The van der Waals surface area contributed by atoms with Crippen molar-refractivity contribution in [2.45, 2.75) is 38.6 Å². The summed E-state index contributed by atoms with van der Waals surface area (Å²) in [5.74, 6) is 0.556. The molecule has 1 amide bonds. The molecule has 0 saturated carbocycles. The summed E-state index contributed by atoms with van der Waals surface area (Å²) in [6.45, 7) is 2.73. The molecule has 0 spiro atoms. The Morgan fingerprint density at radius 3 is 2.84 bits per heavy atom. The number of alkyl halides is 1. The lowest BCUT2D eigenvalue weighted by Crippen LogP contribution is -2.41. The van der Waals surface area contributed by atoms with E-state index in [2.05, 4.69) is 0 Å². The summed E-state index contributed by atoms with van der Waals surface area (Å²) < 4.78 is 0. The number of benzene rings is 1. The van der Waals surface area contributed by atoms with Crippen LogP contribution in [-0.2, 0) is 0 Å². The number of aryl methyl sites for hydroxylation is 1. The van der Waals surface area contributed by atoms with Gasteiger partial charge in [-0.2, -0.15) is 0 Å². The summed E-state index contributed by atoms with van der Waals surface area (Å²) in [7, 11) is 0. The number of carbonyl (C=O) groups is 1. The summed E-state index contributed by atoms with van der Waals surface area (Å²) in [6, 6.07) is 5.65. The normalized spacial score (nSPS) is 20.2. The van der Waals surface area contributed by atoms with Gasteiger partial charge in [0.2, 0.25) is 0 Å². The lowest BCUT2D eigenvalue weighted by Gasteiger charge is -2.28. The Hall–Kier alpha value is -0.730. The molecule has 1 aliphatic heterocycles. The van der Waals surface area contributed by atoms with Crippen LogP contribution in [0.5, 0.6) is 0 Å². The van der Waals surface area contributed by atoms with Crippen LogP contribution in [0.2, 0.25) is 5.02 Å². The fraction of sp³-hybridized carbons (Fsp3) is 0.533. The number of rotatable bonds is 2. The number of likely N-dealkylation sites (tertiary alicyclic amines) is 1. The number of hydrogen-bond acceptors (Lipinski definition) is 1. The third-order valence-electron chi connectivity index (χ3n) is 3.73. The van der Waals surface area contributed by atoms with Gasteiger partial charge in [0, 0.05) is 29.1 Å². The maximum atomic E-state index is 12.6. The second kappa shape index (κ2) is 6.62. The molecule has 104 valence electrons. The Kier molecular flexibility index (Phi) is 5.12. The van der Waals surface area contributed by atoms with Crippen molar-refractivity contribution in [3.8, 4) is 0 Å². The predicted molar refractivity (Wildman–Crippen MR) is 80.2 cm³/mol. The maximum absolute atomic E-state index is 12.6. The van der Waals surface area contributed by atoms with Gasteiger partial charge in [-0.15, -0.1) is 11.6 Å². The minimum atomic E-state index is 0.0504. The molecule has 0 N–H and O–H groups in total. The van der Waals surface area contributed by atoms with E-state index in [0.29, 0.717) is 16.5 Å². The Morgan fingerprint density at radius 1 is 1.37 bits per heavy atom. The molecule has 0 aliphatic carbocycles. The minimum absolute atomic E-state index is 0.0504. The van der Waals surface area contributed by atoms with Gasteiger partial charge in [-0.1, -0.05) is 30.5 Å². The van der Waals surface area contributed by atoms with Crippen LogP contribution in [-0.4, -0.2) is 29.3 Å². The fourth-order valence-corrected chi connectivity index (χ4v) is 3.00. The van der Waals surface area contributed by atoms with E-state index >= 15 is 0 Å². The highest BCUT2D eigenvalue weighted by molar-refractivity contribution is 6.31. The average molecular weight is 300 g/mol. The number of amides is 1. The predicted octanol–water partition coefficient (Wildman–Crippen LogP) is 4.27. The van der Waals surface area contributed by atoms with E-state index in [0.717, 1.165) is 31.4 Å². The Balaban J connectivity index is 2.22. The summed E-state index contributed by atoms with van der Waals surface area (Å²) in [4.78, 5) is 14.5. The van der Waals surface area contributed by atoms with E-state index in [1.807, 2.05) is 24.0 Å². The number of nitrogens with zero attached hydrogens (tertiary/aromatic N) is 1. The highest BCUT2D eigenvalue weighted by atomic mass is 35.5. The molecule has 1 aliphatic rings. The molecule has 1 aromatic rings. The zero-order chi connectivity index (χ0) is 13.8. The van der Waals surface area contributed by atoms with Gasteiger partial charge in [0.1, 0.15) is 0 Å². The van der Waals surface area contributed by atoms with Crippen molar-refractivity contribution in [2.24, 2.45) is 0 Å². The van der Waals surface area contributed by atoms with Crippen molar-refractivity contribution in [1.29, 1.82) is 0 Å². The first kappa shape index (κ1) is 14.7. The standard InChI is InChI=1S/C15H19Cl2NO/c1-11-6-7-12(9-14(11)17)15(19)18-8-4-2-3-5-13(18)10-16/h6-7,9,13H,2-5,8,10H2,1H3. The van der Waals surface area contributed by atoms with Gasteiger partial charge in [-0.25, -0.2) is 0 Å². The molecular formula is C15H19Cl2NO. The van der Waals surface area contributed by atoms with E-state index in [-0.39, 0.29) is 11.9 Å². The Bertz CT molecular complexity index is 461. The summed E-state index contributed by atoms with van der Waals surface area (Å²) in [5.41, 5.74) is 1.65. The van der Waals surface area contributed by atoms with Crippen LogP contribution in [0.4, 0.5) is 0 Å². The first-order chi connectivity index (χ1) is 9.13. The molecule has 2 nitrogen and oxygen atoms in total. The minimum Gasteiger partial charge on any atom is -0.334 e. The van der Waals surface area contributed by atoms with Crippen LogP contribution in [0, 0.1) is 6.92 Å². The smallest absolute Gasteiger partial charge is 0.254 e. The third-order valence-corrected chi connectivity index (χ3v) is 4.50. The maximum Gasteiger partial charge on any atom is 0.254 e. The molecule has 1 unspecified atom stereocenters. The number of hydrogen-bond donors (Lipinski definition) is 0. The van der Waals surface area contributed by atoms with Crippen molar-refractivity contribution in [2.75, 3.05) is 12.4 Å². The monoisotopic (exact) mass is 299 g/mol. The van der Waals surface area contributed by atoms with Crippen molar-refractivity contribution in [3.63, 3.8) is 0 Å². The first-order valence-corrected chi connectivity index (χ1v) is 7.68. The van der Waals surface area contributed by atoms with E-state index in [4.69, 9.17) is 23.2 Å². The molecule has 1 fully saturated rings. The van der Waals surface area contributed by atoms with Crippen LogP contribution in [0.3, 0.4) is 0 Å². The fourth-order valence-electron chi connectivity index (χ4n) is 2.50. The van der Waals surface area contributed by atoms with Crippen LogP contribution >= 0.6 is 23.2 Å². The largest absolute Gasteiger partial charge is 0.334 e. The first-order valence-electron chi connectivity index (χ1n) is 6.76. The van der Waals surface area contributed by atoms with Crippen LogP contribution < -0.4 is 0 Å². The van der Waals surface area contributed by atoms with Crippen molar-refractivity contribution in [3.05, 3.63) is 34.3 Å². The molecule has 19 heavy (non-hydrogen) atoms. The highest BCUT2D eigenvalue weighted by Crippen LogP contribution is 2.23. The van der Waals surface area contributed by atoms with Crippen LogP contribution in [0.1, 0.15) is 41.6 Å². The van der Waals surface area contributed by atoms with Crippen LogP contribution in [0.25, 0.3) is 0 Å². The number of carbonyl (C=O) groups excluding carboxylic acids is 1. The highest BCUT2D eigenvalue weighted by Gasteiger charge is 2.25. The molecule has 1 saturated heterocycles. The van der Waals surface area contributed by atoms with Gasteiger partial charge >= 0.3 is 0 Å². The molecule has 1 aromatic carbocycles. The van der Waals surface area contributed by atoms with Gasteiger partial charge in [-0.3, -0.25) is 4.79 Å². The molecule has 0 aromatic heterocycles. The van der Waals surface area contributed by atoms with Crippen LogP contribution in [0.15, 0.2) is 18.2 Å². The Labute approximate surface area is 124 Å². The summed E-state index contributed by atoms with van der Waals surface area (Å²) in [6.07, 6.45) is 4.37. The Morgan fingerprint density at radius 2 is 2.16 bits per heavy atom. The van der Waals surface area contributed by atoms with E-state index in [1.165, 1.54) is 6.42 Å². The second-order valence-electron chi connectivity index (χ2n) is 5.12. The van der Waals surface area contributed by atoms with E-state index < -0.39 is 0 Å². The summed E-state index contributed by atoms with van der Waals surface area (Å²) >= 11 is 12.1. The van der Waals surface area contributed by atoms with Crippen molar-refractivity contribution in [1.82, 2.24) is 4.90 Å². The third kappa shape index (κ3) is 3.43. The molecule has 1 heterocycles. The van der Waals surface area contributed by atoms with Gasteiger partial charge < -0.3 is 4.90 Å². The molecule has 1 atom stereocenters. The topological polar surface area (TPSA) is 20.3 Å². The number of halogens is 2. The SMILES string of the molecule is Cc1ccc(C(=O)N2CCCCCC2CCl)cc1Cl. The lowest BCUT2D eigenvalue weighted by atomic mass is 10.1. The lowest BCUT2D eigenvalue weighted by molar-refractivity contribution is 0.0700. The average Bonchev–Trinajstić information content (AvgIpc) is 2.66. The van der Waals surface area contributed by atoms with Gasteiger partial charge in [-0.05, 0) is 37.5 Å². The zero-order valence-electron chi connectivity index (χ0n) is 11.2.